The number of benzene rings is 1. The van der Waals surface area contributed by atoms with Gasteiger partial charge in [-0.05, 0) is 49.9 Å². The van der Waals surface area contributed by atoms with Gasteiger partial charge in [-0.25, -0.2) is 4.68 Å². The molecule has 2 saturated heterocycles. The van der Waals surface area contributed by atoms with Crippen molar-refractivity contribution in [2.45, 2.75) is 57.9 Å². The Hall–Kier alpha value is -4.21. The maximum absolute atomic E-state index is 13.7. The Morgan fingerprint density at radius 2 is 1.77 bits per heavy atom. The van der Waals surface area contributed by atoms with E-state index in [9.17, 15) is 9.59 Å². The van der Waals surface area contributed by atoms with E-state index in [1.807, 2.05) is 32.0 Å². The van der Waals surface area contributed by atoms with Crippen LogP contribution in [0.15, 0.2) is 24.4 Å². The minimum absolute atomic E-state index is 0.0799. The van der Waals surface area contributed by atoms with Crippen molar-refractivity contribution in [3.05, 3.63) is 41.5 Å². The van der Waals surface area contributed by atoms with Gasteiger partial charge in [0.2, 0.25) is 0 Å². The van der Waals surface area contributed by atoms with Crippen LogP contribution in [0.4, 0.5) is 11.4 Å². The fraction of sp³-hybridized carbons (Fsp3) is 0.606. The number of methoxy groups -OCH3 is 1. The zero-order chi connectivity index (χ0) is 33.5. The van der Waals surface area contributed by atoms with Crippen LogP contribution in [0.25, 0.3) is 5.69 Å². The Morgan fingerprint density at radius 3 is 2.50 bits per heavy atom. The van der Waals surface area contributed by atoms with Crippen LogP contribution in [0, 0.1) is 0 Å². The van der Waals surface area contributed by atoms with Crippen LogP contribution < -0.4 is 20.3 Å². The molecule has 2 aliphatic heterocycles. The third-order valence-electron chi connectivity index (χ3n) is 9.39. The second kappa shape index (κ2) is 15.8. The van der Waals surface area contributed by atoms with E-state index in [0.29, 0.717) is 29.7 Å². The van der Waals surface area contributed by atoms with E-state index >= 15 is 0 Å². The molecule has 48 heavy (non-hydrogen) atoms. The maximum Gasteiger partial charge on any atom is 0.335 e. The van der Waals surface area contributed by atoms with E-state index < -0.39 is 5.91 Å². The van der Waals surface area contributed by atoms with E-state index in [-0.39, 0.29) is 29.2 Å². The summed E-state index contributed by atoms with van der Waals surface area (Å²) in [5.41, 5.74) is 3.02. The molecule has 0 unspecified atom stereocenters. The molecule has 0 atom stereocenters. The number of hydrogen-bond donors (Lipinski definition) is 2. The number of hydrogen-bond acceptors (Lipinski definition) is 12. The summed E-state index contributed by atoms with van der Waals surface area (Å²) in [7, 11) is 1.47. The molecule has 0 spiro atoms. The first-order chi connectivity index (χ1) is 23.4. The lowest BCUT2D eigenvalue weighted by molar-refractivity contribution is 0.0374. The molecule has 1 aromatic carbocycles. The predicted octanol–water partition coefficient (Wildman–Crippen LogP) is 2.35. The summed E-state index contributed by atoms with van der Waals surface area (Å²) < 4.78 is 12.1. The number of anilines is 2. The van der Waals surface area contributed by atoms with Gasteiger partial charge in [-0.2, -0.15) is 4.98 Å². The number of morpholine rings is 1. The van der Waals surface area contributed by atoms with E-state index in [0.717, 1.165) is 71.1 Å². The van der Waals surface area contributed by atoms with Gasteiger partial charge in [0, 0.05) is 51.9 Å². The molecule has 3 fully saturated rings. The molecule has 1 aliphatic carbocycles. The normalized spacial score (nSPS) is 18.0. The zero-order valence-electron chi connectivity index (χ0n) is 28.2. The highest BCUT2D eigenvalue weighted by molar-refractivity contribution is 6.05. The largest absolute Gasteiger partial charge is 0.466 e. The fourth-order valence-corrected chi connectivity index (χ4v) is 6.71. The van der Waals surface area contributed by atoms with Crippen molar-refractivity contribution in [1.82, 2.24) is 45.3 Å². The lowest BCUT2D eigenvalue weighted by Crippen LogP contribution is -2.49. The predicted molar refractivity (Wildman–Crippen MR) is 180 cm³/mol. The summed E-state index contributed by atoms with van der Waals surface area (Å²) >= 11 is 0. The Kier molecular flexibility index (Phi) is 11.1. The molecule has 6 rings (SSSR count). The average Bonchev–Trinajstić information content (AvgIpc) is 3.84. The Morgan fingerprint density at radius 1 is 1.00 bits per heavy atom. The molecular weight excluding hydrogens is 614 g/mol. The highest BCUT2D eigenvalue weighted by Crippen LogP contribution is 2.32. The third-order valence-corrected chi connectivity index (χ3v) is 9.39. The van der Waals surface area contributed by atoms with Crippen molar-refractivity contribution < 1.29 is 19.1 Å². The topological polar surface area (TPSA) is 156 Å². The minimum Gasteiger partial charge on any atom is -0.466 e. The number of nitrogens with one attached hydrogen (secondary N) is 2. The van der Waals surface area contributed by atoms with Crippen LogP contribution in [0.1, 0.15) is 78.5 Å². The molecule has 15 nitrogen and oxygen atoms in total. The molecule has 3 aromatic rings. The van der Waals surface area contributed by atoms with E-state index in [2.05, 4.69) is 50.8 Å². The first-order valence-electron chi connectivity index (χ1n) is 17.1. The number of amides is 2. The third kappa shape index (κ3) is 8.08. The molecule has 0 radical (unpaired) electrons. The van der Waals surface area contributed by atoms with Crippen molar-refractivity contribution in [3.63, 3.8) is 0 Å². The van der Waals surface area contributed by atoms with Gasteiger partial charge in [0.1, 0.15) is 0 Å². The first kappa shape index (κ1) is 33.7. The fourth-order valence-electron chi connectivity index (χ4n) is 6.71. The van der Waals surface area contributed by atoms with Gasteiger partial charge in [-0.3, -0.25) is 19.4 Å². The quantitative estimate of drug-likeness (QED) is 0.274. The lowest BCUT2D eigenvalue weighted by Gasteiger charge is -2.39. The van der Waals surface area contributed by atoms with Gasteiger partial charge in [0.05, 0.1) is 49.3 Å². The Labute approximate surface area is 281 Å². The summed E-state index contributed by atoms with van der Waals surface area (Å²) in [6.45, 7) is 12.3. The number of carbonyl (C=O) groups is 2. The van der Waals surface area contributed by atoms with Crippen LogP contribution in [0.2, 0.25) is 0 Å². The van der Waals surface area contributed by atoms with Gasteiger partial charge in [0.25, 0.3) is 11.8 Å². The molecule has 2 aromatic heterocycles. The second-order valence-electron chi connectivity index (χ2n) is 12.9. The summed E-state index contributed by atoms with van der Waals surface area (Å²) in [6.07, 6.45) is 7.62. The zero-order valence-corrected chi connectivity index (χ0v) is 28.2. The molecular formula is C33H47N11O4. The number of nitrogens with zero attached hydrogens (tertiary/aromatic N) is 9. The smallest absolute Gasteiger partial charge is 0.335 e. The van der Waals surface area contributed by atoms with Gasteiger partial charge in [0.15, 0.2) is 11.4 Å². The molecule has 15 heteroatoms. The van der Waals surface area contributed by atoms with Crippen molar-refractivity contribution in [3.8, 4) is 11.7 Å². The molecule has 2 amide bonds. The Balaban J connectivity index is 1.19. The second-order valence-corrected chi connectivity index (χ2v) is 12.9. The average molecular weight is 662 g/mol. The molecule has 4 heterocycles. The number of aromatic nitrogens is 6. The van der Waals surface area contributed by atoms with Crippen LogP contribution >= 0.6 is 0 Å². The van der Waals surface area contributed by atoms with Crippen LogP contribution in [-0.4, -0.2) is 131 Å². The molecule has 258 valence electrons. The standard InChI is InChI=1S/C33H47N11O4/c1-23(2)29-30(38-39-33(36-29)47-3)32(46)35-26-21-25(9-10-28(26)43-15-13-42(14-16-43)24-7-4-5-8-24)44-22-27(37-40-44)31(45)34-11-6-12-41-17-19-48-20-18-41/h9-10,21-24H,4-8,11-20H2,1-3H3,(H,34,45)(H,35,46). The van der Waals surface area contributed by atoms with Gasteiger partial charge < -0.3 is 25.0 Å². The highest BCUT2D eigenvalue weighted by Gasteiger charge is 2.28. The molecule has 1 saturated carbocycles. The summed E-state index contributed by atoms with van der Waals surface area (Å²) in [5.74, 6) is -0.774. The van der Waals surface area contributed by atoms with Crippen molar-refractivity contribution in [2.24, 2.45) is 0 Å². The van der Waals surface area contributed by atoms with Crippen molar-refractivity contribution in [2.75, 3.05) is 82.9 Å². The first-order valence-corrected chi connectivity index (χ1v) is 17.1. The van der Waals surface area contributed by atoms with Gasteiger partial charge in [-0.15, -0.1) is 10.2 Å². The lowest BCUT2D eigenvalue weighted by atomic mass is 10.1. The number of carbonyl (C=O) groups excluding carboxylic acids is 2. The summed E-state index contributed by atoms with van der Waals surface area (Å²) in [5, 5.41) is 22.6. The number of ether oxygens (including phenoxy) is 2. The van der Waals surface area contributed by atoms with E-state index in [4.69, 9.17) is 9.47 Å². The number of piperazine rings is 1. The minimum atomic E-state index is -0.417. The molecule has 3 aliphatic rings. The Bertz CT molecular complexity index is 1540. The van der Waals surface area contributed by atoms with E-state index in [1.54, 1.807) is 10.9 Å². The maximum atomic E-state index is 13.7. The van der Waals surface area contributed by atoms with Crippen molar-refractivity contribution in [1.29, 1.82) is 0 Å². The SMILES string of the molecule is COc1nnc(C(=O)Nc2cc(-n3cc(C(=O)NCCCN4CCOCC4)nn3)ccc2N2CCN(C3CCCC3)CC2)c(C(C)C)n1. The number of rotatable bonds is 12. The van der Waals surface area contributed by atoms with E-state index in [1.165, 1.54) is 32.8 Å². The highest BCUT2D eigenvalue weighted by atomic mass is 16.5. The molecule has 0 bridgehead atoms. The van der Waals surface area contributed by atoms with Gasteiger partial charge >= 0.3 is 6.01 Å². The molecule has 2 N–H and O–H groups in total. The van der Waals surface area contributed by atoms with Gasteiger partial charge in [-0.1, -0.05) is 37.0 Å². The van der Waals surface area contributed by atoms with Crippen LogP contribution in [0.3, 0.4) is 0 Å². The van der Waals surface area contributed by atoms with Crippen LogP contribution in [-0.2, 0) is 4.74 Å². The van der Waals surface area contributed by atoms with Crippen LogP contribution in [0.5, 0.6) is 6.01 Å². The summed E-state index contributed by atoms with van der Waals surface area (Å²) in [4.78, 5) is 38.3. The monoisotopic (exact) mass is 661 g/mol. The summed E-state index contributed by atoms with van der Waals surface area (Å²) in [6, 6.07) is 6.56. The van der Waals surface area contributed by atoms with Crippen molar-refractivity contribution >= 4 is 23.2 Å².